The molecule has 1 N–H and O–H groups in total. The van der Waals surface area contributed by atoms with Crippen LogP contribution in [-0.2, 0) is 15.3 Å². The number of thioether (sulfide) groups is 1. The predicted molar refractivity (Wildman–Crippen MR) is 127 cm³/mol. The van der Waals surface area contributed by atoms with Crippen molar-refractivity contribution in [2.45, 2.75) is 18.6 Å². The van der Waals surface area contributed by atoms with Crippen LogP contribution in [0.4, 0.5) is 5.69 Å². The molecule has 0 spiro atoms. The largest absolute Gasteiger partial charge is 0.484 e. The second-order valence-electron chi connectivity index (χ2n) is 7.47. The van der Waals surface area contributed by atoms with E-state index in [1.54, 1.807) is 28.8 Å². The molecule has 1 heterocycles. The first-order chi connectivity index (χ1) is 15.2. The van der Waals surface area contributed by atoms with Crippen LogP contribution < -0.4 is 15.0 Å². The van der Waals surface area contributed by atoms with E-state index >= 15 is 0 Å². The molecule has 1 aliphatic rings. The maximum Gasteiger partial charge on any atom is 0.257 e. The minimum atomic E-state index is -0.135. The molecule has 6 heteroatoms. The van der Waals surface area contributed by atoms with Gasteiger partial charge in [-0.25, -0.2) is 0 Å². The van der Waals surface area contributed by atoms with Gasteiger partial charge in [0, 0.05) is 36.7 Å². The average molecular weight is 435 g/mol. The van der Waals surface area contributed by atoms with Crippen molar-refractivity contribution in [1.29, 1.82) is 0 Å². The lowest BCUT2D eigenvalue weighted by Crippen LogP contribution is -2.30. The lowest BCUT2D eigenvalue weighted by atomic mass is 10.1. The molecule has 0 unspecified atom stereocenters. The predicted octanol–water partition coefficient (Wildman–Crippen LogP) is 4.40. The molecule has 3 aromatic rings. The third kappa shape index (κ3) is 5.58. The van der Waals surface area contributed by atoms with Gasteiger partial charge in [-0.1, -0.05) is 42.5 Å². The van der Waals surface area contributed by atoms with Gasteiger partial charge in [0.05, 0.1) is 0 Å². The molecule has 3 aromatic carbocycles. The summed E-state index contributed by atoms with van der Waals surface area (Å²) in [6, 6.07) is 22.1. The van der Waals surface area contributed by atoms with Crippen LogP contribution in [0.3, 0.4) is 0 Å². The molecule has 31 heavy (non-hydrogen) atoms. The van der Waals surface area contributed by atoms with Crippen molar-refractivity contribution in [3.8, 4) is 5.75 Å². The van der Waals surface area contributed by atoms with Gasteiger partial charge in [0.15, 0.2) is 6.61 Å². The fourth-order valence-electron chi connectivity index (χ4n) is 3.71. The Morgan fingerprint density at radius 1 is 1.03 bits per heavy atom. The van der Waals surface area contributed by atoms with Crippen molar-refractivity contribution >= 4 is 40.0 Å². The van der Waals surface area contributed by atoms with E-state index in [0.29, 0.717) is 18.7 Å². The van der Waals surface area contributed by atoms with Crippen LogP contribution in [-0.4, -0.2) is 37.3 Å². The van der Waals surface area contributed by atoms with Crippen molar-refractivity contribution in [3.05, 3.63) is 72.3 Å². The first-order valence-electron chi connectivity index (χ1n) is 10.5. The van der Waals surface area contributed by atoms with Crippen molar-refractivity contribution in [2.75, 3.05) is 30.3 Å². The molecule has 0 bridgehead atoms. The van der Waals surface area contributed by atoms with Crippen molar-refractivity contribution in [2.24, 2.45) is 0 Å². The van der Waals surface area contributed by atoms with E-state index < -0.39 is 0 Å². The van der Waals surface area contributed by atoms with Gasteiger partial charge in [-0.2, -0.15) is 11.8 Å². The first-order valence-corrected chi connectivity index (χ1v) is 11.7. The van der Waals surface area contributed by atoms with E-state index in [0.717, 1.165) is 30.2 Å². The number of hydrogen-bond acceptors (Lipinski definition) is 4. The monoisotopic (exact) mass is 434 g/mol. The summed E-state index contributed by atoms with van der Waals surface area (Å²) in [4.78, 5) is 25.6. The summed E-state index contributed by atoms with van der Waals surface area (Å²) in [5.41, 5.74) is 2.19. The highest BCUT2D eigenvalue weighted by molar-refractivity contribution is 7.98. The summed E-state index contributed by atoms with van der Waals surface area (Å²) in [6.07, 6.45) is 1.51. The Morgan fingerprint density at radius 2 is 1.84 bits per heavy atom. The summed E-state index contributed by atoms with van der Waals surface area (Å²) in [7, 11) is 0. The molecule has 1 fully saturated rings. The van der Waals surface area contributed by atoms with Crippen molar-refractivity contribution in [3.63, 3.8) is 0 Å². The molecule has 1 aliphatic heterocycles. The highest BCUT2D eigenvalue weighted by Crippen LogP contribution is 2.24. The van der Waals surface area contributed by atoms with E-state index in [1.165, 1.54) is 16.3 Å². The number of carbonyl (C=O) groups is 2. The quantitative estimate of drug-likeness (QED) is 0.508. The van der Waals surface area contributed by atoms with Gasteiger partial charge in [-0.15, -0.1) is 0 Å². The molecule has 0 saturated carbocycles. The number of nitrogens with zero attached hydrogens (tertiary/aromatic N) is 1. The van der Waals surface area contributed by atoms with Gasteiger partial charge in [0.25, 0.3) is 5.91 Å². The Hall–Kier alpha value is -2.99. The van der Waals surface area contributed by atoms with Crippen LogP contribution in [0, 0.1) is 0 Å². The molecule has 0 aliphatic carbocycles. The maximum absolute atomic E-state index is 12.0. The Morgan fingerprint density at radius 3 is 2.65 bits per heavy atom. The lowest BCUT2D eigenvalue weighted by molar-refractivity contribution is -0.123. The van der Waals surface area contributed by atoms with Gasteiger partial charge in [0.2, 0.25) is 5.91 Å². The molecule has 0 aromatic heterocycles. The summed E-state index contributed by atoms with van der Waals surface area (Å²) >= 11 is 1.80. The molecule has 2 amide bonds. The third-order valence-corrected chi connectivity index (χ3v) is 6.31. The summed E-state index contributed by atoms with van der Waals surface area (Å²) in [6.45, 7) is 1.35. The van der Waals surface area contributed by atoms with E-state index in [9.17, 15) is 9.59 Å². The summed E-state index contributed by atoms with van der Waals surface area (Å²) < 4.78 is 5.56. The molecule has 0 radical (unpaired) electrons. The van der Waals surface area contributed by atoms with Crippen molar-refractivity contribution < 1.29 is 14.3 Å². The minimum Gasteiger partial charge on any atom is -0.484 e. The number of hydrogen-bond donors (Lipinski definition) is 1. The van der Waals surface area contributed by atoms with Crippen LogP contribution >= 0.6 is 11.8 Å². The zero-order valence-electron chi connectivity index (χ0n) is 17.4. The highest BCUT2D eigenvalue weighted by atomic mass is 32.2. The number of ether oxygens (including phenoxy) is 1. The molecular weight excluding hydrogens is 408 g/mol. The van der Waals surface area contributed by atoms with Gasteiger partial charge in [0.1, 0.15) is 5.75 Å². The fraction of sp³-hybridized carbons (Fsp3) is 0.280. The number of fused-ring (bicyclic) bond motifs is 1. The fourth-order valence-corrected chi connectivity index (χ4v) is 4.57. The number of nitrogens with one attached hydrogen (secondary N) is 1. The third-order valence-electron chi connectivity index (χ3n) is 5.30. The Kier molecular flexibility index (Phi) is 7.10. The molecule has 4 rings (SSSR count). The van der Waals surface area contributed by atoms with Crippen LogP contribution in [0.5, 0.6) is 5.75 Å². The number of carbonyl (C=O) groups excluding carboxylic acids is 2. The second kappa shape index (κ2) is 10.4. The SMILES string of the molecule is O=C(COc1ccc(N2CCCC2=O)cc1)NCCSCc1cccc2ccccc12. The van der Waals surface area contributed by atoms with Crippen LogP contribution in [0.1, 0.15) is 18.4 Å². The van der Waals surface area contributed by atoms with E-state index in [2.05, 4.69) is 47.8 Å². The molecule has 5 nitrogen and oxygen atoms in total. The Balaban J connectivity index is 1.15. The zero-order chi connectivity index (χ0) is 21.5. The van der Waals surface area contributed by atoms with Gasteiger partial charge in [-0.3, -0.25) is 9.59 Å². The van der Waals surface area contributed by atoms with E-state index in [4.69, 9.17) is 4.74 Å². The smallest absolute Gasteiger partial charge is 0.257 e. The molecule has 160 valence electrons. The summed E-state index contributed by atoms with van der Waals surface area (Å²) in [5.74, 6) is 2.40. The minimum absolute atomic E-state index is 0.0179. The van der Waals surface area contributed by atoms with Gasteiger partial charge in [-0.05, 0) is 47.0 Å². The zero-order valence-corrected chi connectivity index (χ0v) is 18.2. The van der Waals surface area contributed by atoms with Gasteiger partial charge >= 0.3 is 0 Å². The molecular formula is C25H26N2O3S. The number of amides is 2. The second-order valence-corrected chi connectivity index (χ2v) is 8.58. The Labute approximate surface area is 186 Å². The molecule has 0 atom stereocenters. The van der Waals surface area contributed by atoms with E-state index in [-0.39, 0.29) is 18.4 Å². The van der Waals surface area contributed by atoms with Crippen molar-refractivity contribution in [1.82, 2.24) is 5.32 Å². The molecule has 1 saturated heterocycles. The topological polar surface area (TPSA) is 58.6 Å². The van der Waals surface area contributed by atoms with Crippen LogP contribution in [0.25, 0.3) is 10.8 Å². The average Bonchev–Trinajstić information content (AvgIpc) is 3.23. The highest BCUT2D eigenvalue weighted by Gasteiger charge is 2.21. The normalized spacial score (nSPS) is 13.5. The summed E-state index contributed by atoms with van der Waals surface area (Å²) in [5, 5.41) is 5.44. The number of rotatable bonds is 9. The van der Waals surface area contributed by atoms with E-state index in [1.807, 2.05) is 12.1 Å². The number of anilines is 1. The maximum atomic E-state index is 12.0. The van der Waals surface area contributed by atoms with Gasteiger partial charge < -0.3 is 15.0 Å². The lowest BCUT2D eigenvalue weighted by Gasteiger charge is -2.16. The first kappa shape index (κ1) is 21.2. The number of benzene rings is 3. The van der Waals surface area contributed by atoms with Crippen LogP contribution in [0.15, 0.2) is 66.7 Å². The Bertz CT molecular complexity index is 1050. The standard InChI is InChI=1S/C25H26N2O3S/c28-24(17-30-22-12-10-21(11-13-22)27-15-4-9-25(27)29)26-14-16-31-18-20-7-3-6-19-5-1-2-8-23(19)20/h1-3,5-8,10-13H,4,9,14-18H2,(H,26,28). The van der Waals surface area contributed by atoms with Crippen LogP contribution in [0.2, 0.25) is 0 Å².